The SMILES string of the molecule is COCCC(C)(C)CNS(=O)(=O)c1ccc(F)c(N)c1. The number of nitrogen functional groups attached to an aromatic ring is 1. The molecule has 0 heterocycles. The highest BCUT2D eigenvalue weighted by molar-refractivity contribution is 7.89. The van der Waals surface area contributed by atoms with Gasteiger partial charge in [0.15, 0.2) is 0 Å². The number of anilines is 1. The van der Waals surface area contributed by atoms with Crippen molar-refractivity contribution in [3.8, 4) is 0 Å². The molecule has 7 heteroatoms. The quantitative estimate of drug-likeness (QED) is 0.752. The van der Waals surface area contributed by atoms with E-state index >= 15 is 0 Å². The van der Waals surface area contributed by atoms with Gasteiger partial charge < -0.3 is 10.5 Å². The molecule has 0 unspecified atom stereocenters. The molecule has 0 aliphatic rings. The van der Waals surface area contributed by atoms with Gasteiger partial charge in [0.2, 0.25) is 10.0 Å². The number of nitrogens with one attached hydrogen (secondary N) is 1. The Morgan fingerprint density at radius 3 is 2.60 bits per heavy atom. The first kappa shape index (κ1) is 16.9. The summed E-state index contributed by atoms with van der Waals surface area (Å²) in [6, 6.07) is 3.34. The Kier molecular flexibility index (Phi) is 5.50. The van der Waals surface area contributed by atoms with Crippen molar-refractivity contribution >= 4 is 15.7 Å². The van der Waals surface area contributed by atoms with Crippen LogP contribution in [0.5, 0.6) is 0 Å². The van der Waals surface area contributed by atoms with E-state index in [-0.39, 0.29) is 22.5 Å². The summed E-state index contributed by atoms with van der Waals surface area (Å²) < 4.78 is 44.7. The normalized spacial score (nSPS) is 12.6. The van der Waals surface area contributed by atoms with E-state index in [4.69, 9.17) is 10.5 Å². The molecular weight excluding hydrogens is 283 g/mol. The molecule has 0 radical (unpaired) electrons. The Morgan fingerprint density at radius 2 is 2.05 bits per heavy atom. The monoisotopic (exact) mass is 304 g/mol. The van der Waals surface area contributed by atoms with Gasteiger partial charge in [-0.15, -0.1) is 0 Å². The predicted molar refractivity (Wildman–Crippen MR) is 76.3 cm³/mol. The van der Waals surface area contributed by atoms with Crippen molar-refractivity contribution in [2.45, 2.75) is 25.2 Å². The fraction of sp³-hybridized carbons (Fsp3) is 0.538. The highest BCUT2D eigenvalue weighted by Gasteiger charge is 2.22. The van der Waals surface area contributed by atoms with E-state index in [1.165, 1.54) is 6.07 Å². The lowest BCUT2D eigenvalue weighted by Crippen LogP contribution is -2.34. The van der Waals surface area contributed by atoms with Crippen LogP contribution in [-0.4, -0.2) is 28.7 Å². The fourth-order valence-corrected chi connectivity index (χ4v) is 2.81. The second-order valence-corrected chi connectivity index (χ2v) is 7.18. The van der Waals surface area contributed by atoms with Crippen LogP contribution in [0.1, 0.15) is 20.3 Å². The van der Waals surface area contributed by atoms with Crippen LogP contribution in [0.4, 0.5) is 10.1 Å². The third kappa shape index (κ3) is 4.73. The van der Waals surface area contributed by atoms with Crippen molar-refractivity contribution in [2.24, 2.45) is 5.41 Å². The molecule has 114 valence electrons. The lowest BCUT2D eigenvalue weighted by molar-refractivity contribution is 0.153. The zero-order valence-corrected chi connectivity index (χ0v) is 12.8. The number of hydrogen-bond acceptors (Lipinski definition) is 4. The Bertz CT molecular complexity index is 559. The molecule has 0 atom stereocenters. The smallest absolute Gasteiger partial charge is 0.240 e. The lowest BCUT2D eigenvalue weighted by Gasteiger charge is -2.24. The summed E-state index contributed by atoms with van der Waals surface area (Å²) in [5, 5.41) is 0. The van der Waals surface area contributed by atoms with E-state index in [1.807, 2.05) is 13.8 Å². The minimum atomic E-state index is -3.70. The van der Waals surface area contributed by atoms with E-state index in [9.17, 15) is 12.8 Å². The van der Waals surface area contributed by atoms with Gasteiger partial charge in [0.25, 0.3) is 0 Å². The minimum absolute atomic E-state index is 0.0426. The summed E-state index contributed by atoms with van der Waals surface area (Å²) >= 11 is 0. The Balaban J connectivity index is 2.77. The Hall–Kier alpha value is -1.18. The third-order valence-corrected chi connectivity index (χ3v) is 4.40. The van der Waals surface area contributed by atoms with Crippen molar-refractivity contribution in [1.82, 2.24) is 4.72 Å². The van der Waals surface area contributed by atoms with Crippen LogP contribution in [-0.2, 0) is 14.8 Å². The van der Waals surface area contributed by atoms with E-state index in [0.29, 0.717) is 6.61 Å². The number of benzene rings is 1. The second-order valence-electron chi connectivity index (χ2n) is 5.41. The Morgan fingerprint density at radius 1 is 1.40 bits per heavy atom. The van der Waals surface area contributed by atoms with Gasteiger partial charge in [0, 0.05) is 20.3 Å². The first-order chi connectivity index (χ1) is 9.18. The van der Waals surface area contributed by atoms with Gasteiger partial charge in [-0.05, 0) is 30.0 Å². The average Bonchev–Trinajstić information content (AvgIpc) is 2.37. The molecule has 0 bridgehead atoms. The summed E-state index contributed by atoms with van der Waals surface area (Å²) in [4.78, 5) is -0.0426. The number of hydrogen-bond donors (Lipinski definition) is 2. The van der Waals surface area contributed by atoms with Gasteiger partial charge in [-0.3, -0.25) is 0 Å². The number of ether oxygens (including phenoxy) is 1. The van der Waals surface area contributed by atoms with Crippen LogP contribution in [0.15, 0.2) is 23.1 Å². The van der Waals surface area contributed by atoms with Crippen molar-refractivity contribution in [3.05, 3.63) is 24.0 Å². The zero-order valence-electron chi connectivity index (χ0n) is 11.9. The van der Waals surface area contributed by atoms with Gasteiger partial charge >= 0.3 is 0 Å². The summed E-state index contributed by atoms with van der Waals surface area (Å²) in [7, 11) is -2.10. The van der Waals surface area contributed by atoms with Gasteiger partial charge in [-0.25, -0.2) is 17.5 Å². The topological polar surface area (TPSA) is 81.4 Å². The summed E-state index contributed by atoms with van der Waals surface area (Å²) in [5.74, 6) is -0.635. The predicted octanol–water partition coefficient (Wildman–Crippen LogP) is 1.75. The molecule has 0 amide bonds. The van der Waals surface area contributed by atoms with Gasteiger partial charge in [0.05, 0.1) is 10.6 Å². The van der Waals surface area contributed by atoms with Gasteiger partial charge in [-0.2, -0.15) is 0 Å². The first-order valence-electron chi connectivity index (χ1n) is 6.21. The molecule has 20 heavy (non-hydrogen) atoms. The fourth-order valence-electron chi connectivity index (χ4n) is 1.53. The standard InChI is InChI=1S/C13H21FN2O3S/c1-13(2,6-7-19-3)9-16-20(17,18)10-4-5-11(14)12(15)8-10/h4-5,8,16H,6-7,9,15H2,1-3H3. The number of sulfonamides is 1. The summed E-state index contributed by atoms with van der Waals surface area (Å²) in [6.45, 7) is 4.69. The van der Waals surface area contributed by atoms with Crippen LogP contribution >= 0.6 is 0 Å². The van der Waals surface area contributed by atoms with Crippen molar-refractivity contribution in [3.63, 3.8) is 0 Å². The van der Waals surface area contributed by atoms with Crippen LogP contribution < -0.4 is 10.5 Å². The Labute approximate surface area is 119 Å². The summed E-state index contributed by atoms with van der Waals surface area (Å²) in [5.41, 5.74) is 4.95. The average molecular weight is 304 g/mol. The molecule has 1 aromatic rings. The maximum atomic E-state index is 13.0. The minimum Gasteiger partial charge on any atom is -0.396 e. The number of rotatable bonds is 7. The van der Waals surface area contributed by atoms with Crippen LogP contribution in [0.3, 0.4) is 0 Å². The molecule has 1 aromatic carbocycles. The zero-order chi connectivity index (χ0) is 15.4. The van der Waals surface area contributed by atoms with E-state index < -0.39 is 15.8 Å². The lowest BCUT2D eigenvalue weighted by atomic mass is 9.90. The van der Waals surface area contributed by atoms with Crippen LogP contribution in [0.25, 0.3) is 0 Å². The maximum absolute atomic E-state index is 13.0. The molecule has 0 fully saturated rings. The van der Waals surface area contributed by atoms with Crippen LogP contribution in [0.2, 0.25) is 0 Å². The third-order valence-electron chi connectivity index (χ3n) is 3.00. The molecule has 0 saturated heterocycles. The molecule has 0 aromatic heterocycles. The maximum Gasteiger partial charge on any atom is 0.240 e. The second kappa shape index (κ2) is 6.51. The van der Waals surface area contributed by atoms with Gasteiger partial charge in [0.1, 0.15) is 5.82 Å². The number of nitrogens with two attached hydrogens (primary N) is 1. The molecule has 0 aliphatic carbocycles. The molecular formula is C13H21FN2O3S. The number of halogens is 1. The van der Waals surface area contributed by atoms with E-state index in [0.717, 1.165) is 18.6 Å². The molecule has 5 nitrogen and oxygen atoms in total. The molecule has 0 saturated carbocycles. The largest absolute Gasteiger partial charge is 0.396 e. The number of methoxy groups -OCH3 is 1. The molecule has 3 N–H and O–H groups in total. The molecule has 0 spiro atoms. The summed E-state index contributed by atoms with van der Waals surface area (Å²) in [6.07, 6.45) is 0.720. The van der Waals surface area contributed by atoms with Crippen molar-refractivity contribution in [1.29, 1.82) is 0 Å². The van der Waals surface area contributed by atoms with Crippen molar-refractivity contribution in [2.75, 3.05) is 26.0 Å². The van der Waals surface area contributed by atoms with Gasteiger partial charge in [-0.1, -0.05) is 13.8 Å². The van der Waals surface area contributed by atoms with E-state index in [1.54, 1.807) is 7.11 Å². The van der Waals surface area contributed by atoms with Crippen molar-refractivity contribution < 1.29 is 17.5 Å². The highest BCUT2D eigenvalue weighted by atomic mass is 32.2. The highest BCUT2D eigenvalue weighted by Crippen LogP contribution is 2.21. The molecule has 1 rings (SSSR count). The molecule has 0 aliphatic heterocycles. The van der Waals surface area contributed by atoms with Crippen LogP contribution in [0, 0.1) is 11.2 Å². The first-order valence-corrected chi connectivity index (χ1v) is 7.70. The van der Waals surface area contributed by atoms with E-state index in [2.05, 4.69) is 4.72 Å².